The van der Waals surface area contributed by atoms with Gasteiger partial charge in [0.15, 0.2) is 0 Å². The molecule has 11 rings (SSSR count). The Hall–Kier alpha value is -0.760. The van der Waals surface area contributed by atoms with Gasteiger partial charge in [0.1, 0.15) is 0 Å². The maximum atomic E-state index is 5.29. The molecule has 2 unspecified atom stereocenters. The summed E-state index contributed by atoms with van der Waals surface area (Å²) in [6, 6.07) is 6.66. The van der Waals surface area contributed by atoms with Crippen LogP contribution in [0.15, 0.2) is 0 Å². The normalized spacial score (nSPS) is 36.6. The second-order valence-electron chi connectivity index (χ2n) is 20.9. The summed E-state index contributed by atoms with van der Waals surface area (Å²) in [4.78, 5) is 0. The number of morpholine rings is 10. The van der Waals surface area contributed by atoms with Gasteiger partial charge < -0.3 is 95.2 Å². The van der Waals surface area contributed by atoms with Gasteiger partial charge in [0.05, 0.1) is 144 Å². The number of fused-ring (bicyclic) bond motifs is 4. The Bertz CT molecular complexity index is 1050. The van der Waals surface area contributed by atoms with Crippen molar-refractivity contribution in [3.05, 3.63) is 0 Å². The Morgan fingerprint density at radius 1 is 0.304 bits per heavy atom. The highest BCUT2D eigenvalue weighted by Crippen LogP contribution is 2.17. The maximum absolute atomic E-state index is 5.29. The van der Waals surface area contributed by atoms with Gasteiger partial charge in [-0.15, -0.1) is 0 Å². The fourth-order valence-corrected chi connectivity index (χ4v) is 8.60. The molecule has 0 saturated carbocycles. The summed E-state index contributed by atoms with van der Waals surface area (Å²) in [5, 5.41) is 29.9. The highest BCUT2D eigenvalue weighted by atomic mass is 16.5. The Labute approximate surface area is 419 Å². The molecular formula is C50H105N9O10. The van der Waals surface area contributed by atoms with E-state index in [1.807, 2.05) is 0 Å². The van der Waals surface area contributed by atoms with Crippen molar-refractivity contribution in [2.24, 2.45) is 0 Å². The van der Waals surface area contributed by atoms with Crippen molar-refractivity contribution >= 4 is 0 Å². The van der Waals surface area contributed by atoms with Crippen molar-refractivity contribution in [2.75, 3.05) is 165 Å². The molecule has 410 valence electrons. The van der Waals surface area contributed by atoms with Gasteiger partial charge in [-0.2, -0.15) is 0 Å². The third kappa shape index (κ3) is 33.6. The highest BCUT2D eigenvalue weighted by molar-refractivity contribution is 4.86. The SMILES string of the molecule is C1CC2COCC1N2.C1COCCN1.C1OCC2COCC1N2.CC1(C)COCCN1.C[C@@H]1COCCN1.C[C@@H]1COC[C@@H](C)N1.C[C@@H]1COC[C@H](C)N1.C[C@H]1COCCN1.C[C@H]1COC[C@H](C)N1. The summed E-state index contributed by atoms with van der Waals surface area (Å²) in [5.41, 5.74) is 0.207. The van der Waals surface area contributed by atoms with E-state index in [0.717, 1.165) is 165 Å². The van der Waals surface area contributed by atoms with E-state index in [9.17, 15) is 0 Å². The molecule has 19 heteroatoms. The van der Waals surface area contributed by atoms with Crippen LogP contribution in [0, 0.1) is 0 Å². The number of ether oxygens (including phenoxy) is 10. The third-order valence-corrected chi connectivity index (χ3v) is 12.0. The Morgan fingerprint density at radius 2 is 0.623 bits per heavy atom. The fraction of sp³-hybridized carbons (Fsp3) is 1.00. The van der Waals surface area contributed by atoms with Crippen LogP contribution in [0.4, 0.5) is 0 Å². The van der Waals surface area contributed by atoms with Gasteiger partial charge in [-0.1, -0.05) is 0 Å². The first kappa shape index (κ1) is 62.5. The maximum Gasteiger partial charge on any atom is 0.0643 e. The molecule has 0 aromatic heterocycles. The molecule has 0 spiro atoms. The molecule has 0 radical (unpaired) electrons. The second-order valence-corrected chi connectivity index (χ2v) is 20.9. The molecule has 11 heterocycles. The van der Waals surface area contributed by atoms with E-state index < -0.39 is 0 Å². The lowest BCUT2D eigenvalue weighted by molar-refractivity contribution is -0.0556. The standard InChI is InChI=1S/C6H11NO2.C6H11NO.4C6H13NO.2C5H11NO.C4H9NO/c1-5-2-9-4-6(7-5)3-8-1;1-2-6-4-8-3-5(1)7-6;3*1-5-3-8-4-6(2)7-5;1-6(2)5-8-4-3-7-6;2*1-5-4-7-3-2-6-5;1-3-6-4-2-5-1/h5-7H,1-4H2;5-7H,1-4H2;3*5-7H,3-4H2,1-2H3;7H,3-5H2,1-2H3;2*5-6H,2-4H2,1H3;5H,1-4H2/t;;5-,6+;2*5-,6-;;2*5-;/m...10.10./s1. The summed E-state index contributed by atoms with van der Waals surface area (Å²) >= 11 is 0. The van der Waals surface area contributed by atoms with Crippen molar-refractivity contribution in [3.8, 4) is 0 Å². The number of hydrogen-bond donors (Lipinski definition) is 9. The molecule has 0 aromatic carbocycles. The van der Waals surface area contributed by atoms with Gasteiger partial charge in [-0.05, 0) is 82.1 Å². The highest BCUT2D eigenvalue weighted by Gasteiger charge is 2.28. The second kappa shape index (κ2) is 38.8. The third-order valence-electron chi connectivity index (χ3n) is 12.0. The van der Waals surface area contributed by atoms with Crippen molar-refractivity contribution in [1.29, 1.82) is 0 Å². The van der Waals surface area contributed by atoms with Crippen LogP contribution in [-0.2, 0) is 47.4 Å². The summed E-state index contributed by atoms with van der Waals surface area (Å²) < 4.78 is 52.0. The van der Waals surface area contributed by atoms with E-state index in [4.69, 9.17) is 47.4 Å². The largest absolute Gasteiger partial charge is 0.379 e. The van der Waals surface area contributed by atoms with Gasteiger partial charge in [0.25, 0.3) is 0 Å². The zero-order chi connectivity index (χ0) is 50.0. The fourth-order valence-electron chi connectivity index (χ4n) is 8.60. The zero-order valence-electron chi connectivity index (χ0n) is 45.1. The summed E-state index contributed by atoms with van der Waals surface area (Å²) in [5.74, 6) is 0. The smallest absolute Gasteiger partial charge is 0.0643 e. The van der Waals surface area contributed by atoms with Crippen LogP contribution in [0.1, 0.15) is 82.1 Å². The molecule has 11 saturated heterocycles. The van der Waals surface area contributed by atoms with Gasteiger partial charge in [-0.3, -0.25) is 0 Å². The lowest BCUT2D eigenvalue weighted by Crippen LogP contribution is -2.56. The Kier molecular flexibility index (Phi) is 35.1. The Morgan fingerprint density at radius 3 is 0.812 bits per heavy atom. The molecule has 0 aliphatic carbocycles. The van der Waals surface area contributed by atoms with Gasteiger partial charge in [0, 0.05) is 98.7 Å². The summed E-state index contributed by atoms with van der Waals surface area (Å²) in [6.45, 7) is 43.8. The number of nitrogens with one attached hydrogen (secondary N) is 9. The first-order valence-electron chi connectivity index (χ1n) is 26.8. The minimum absolute atomic E-state index is 0.207. The average molecular weight is 992 g/mol. The molecule has 9 N–H and O–H groups in total. The molecule has 11 aliphatic rings. The van der Waals surface area contributed by atoms with Crippen LogP contribution in [0.2, 0.25) is 0 Å². The van der Waals surface area contributed by atoms with E-state index in [-0.39, 0.29) is 5.54 Å². The van der Waals surface area contributed by atoms with E-state index in [1.54, 1.807) is 0 Å². The minimum Gasteiger partial charge on any atom is -0.379 e. The predicted octanol–water partition coefficient (Wildman–Crippen LogP) is 0.641. The molecule has 11 fully saturated rings. The topological polar surface area (TPSA) is 201 Å². The molecule has 0 amide bonds. The zero-order valence-corrected chi connectivity index (χ0v) is 45.1. The van der Waals surface area contributed by atoms with E-state index in [1.165, 1.54) is 12.8 Å². The number of rotatable bonds is 0. The van der Waals surface area contributed by atoms with Crippen molar-refractivity contribution in [3.63, 3.8) is 0 Å². The monoisotopic (exact) mass is 992 g/mol. The van der Waals surface area contributed by atoms with E-state index in [0.29, 0.717) is 72.5 Å². The van der Waals surface area contributed by atoms with E-state index >= 15 is 0 Å². The molecular weight excluding hydrogens is 887 g/mol. The molecule has 19 nitrogen and oxygen atoms in total. The number of hydrogen-bond acceptors (Lipinski definition) is 19. The van der Waals surface area contributed by atoms with Gasteiger partial charge in [0.2, 0.25) is 0 Å². The lowest BCUT2D eigenvalue weighted by Gasteiger charge is -2.35. The molecule has 11 aliphatic heterocycles. The molecule has 0 aromatic rings. The molecule has 10 atom stereocenters. The average Bonchev–Trinajstić information content (AvgIpc) is 3.67. The van der Waals surface area contributed by atoms with Gasteiger partial charge >= 0.3 is 0 Å². The molecule has 69 heavy (non-hydrogen) atoms. The quantitative estimate of drug-likeness (QED) is 0.164. The van der Waals surface area contributed by atoms with Crippen LogP contribution in [-0.4, -0.2) is 243 Å². The van der Waals surface area contributed by atoms with Crippen molar-refractivity contribution < 1.29 is 47.4 Å². The molecule has 4 bridgehead atoms. The predicted molar refractivity (Wildman–Crippen MR) is 275 cm³/mol. The van der Waals surface area contributed by atoms with Crippen molar-refractivity contribution in [1.82, 2.24) is 47.9 Å². The first-order valence-corrected chi connectivity index (χ1v) is 26.8. The summed E-state index contributed by atoms with van der Waals surface area (Å²) in [7, 11) is 0. The van der Waals surface area contributed by atoms with Crippen LogP contribution in [0.5, 0.6) is 0 Å². The van der Waals surface area contributed by atoms with Crippen LogP contribution < -0.4 is 47.9 Å². The van der Waals surface area contributed by atoms with Gasteiger partial charge in [-0.25, -0.2) is 0 Å². The minimum atomic E-state index is 0.207. The first-order chi connectivity index (χ1) is 33.3. The lowest BCUT2D eigenvalue weighted by atomic mass is 10.1. The van der Waals surface area contributed by atoms with Crippen LogP contribution in [0.25, 0.3) is 0 Å². The van der Waals surface area contributed by atoms with E-state index in [2.05, 4.69) is 117 Å². The van der Waals surface area contributed by atoms with Crippen LogP contribution >= 0.6 is 0 Å². The summed E-state index contributed by atoms with van der Waals surface area (Å²) in [6.07, 6.45) is 2.65. The van der Waals surface area contributed by atoms with Crippen molar-refractivity contribution in [2.45, 2.75) is 160 Å². The van der Waals surface area contributed by atoms with Crippen LogP contribution in [0.3, 0.4) is 0 Å². The Balaban J connectivity index is 0.000000206.